The first-order valence-electron chi connectivity index (χ1n) is 12.9. The number of aliphatic hydroxyl groups is 1. The zero-order valence-electron chi connectivity index (χ0n) is 22.6. The molecule has 0 spiro atoms. The number of alkyl carbamates (subject to hydrolysis) is 1. The third kappa shape index (κ3) is 8.71. The summed E-state index contributed by atoms with van der Waals surface area (Å²) in [4.78, 5) is 37.8. The lowest BCUT2D eigenvalue weighted by molar-refractivity contribution is -0.111. The second kappa shape index (κ2) is 14.5. The molecule has 1 atom stereocenters. The number of benzene rings is 3. The SMILES string of the molecule is CC(C)(CC/C=C/C(=O)Nc1ccccc1N)[C@@H](OC(=O)NC(=O)c1ccccc1)c1ccccc1OCCO. The molecule has 9 heteroatoms. The van der Waals surface area contributed by atoms with E-state index in [0.29, 0.717) is 41.1 Å². The second-order valence-electron chi connectivity index (χ2n) is 9.72. The molecule has 0 heterocycles. The van der Waals surface area contributed by atoms with E-state index in [1.54, 1.807) is 84.9 Å². The molecule has 0 aliphatic rings. The van der Waals surface area contributed by atoms with Gasteiger partial charge in [0.05, 0.1) is 18.0 Å². The van der Waals surface area contributed by atoms with E-state index in [1.807, 2.05) is 13.8 Å². The highest BCUT2D eigenvalue weighted by atomic mass is 16.6. The molecule has 0 unspecified atom stereocenters. The van der Waals surface area contributed by atoms with Crippen LogP contribution in [0.5, 0.6) is 5.75 Å². The van der Waals surface area contributed by atoms with Gasteiger partial charge < -0.3 is 25.6 Å². The van der Waals surface area contributed by atoms with Crippen LogP contribution in [0.4, 0.5) is 16.2 Å². The lowest BCUT2D eigenvalue weighted by Crippen LogP contribution is -2.35. The first-order chi connectivity index (χ1) is 19.2. The quantitative estimate of drug-likeness (QED) is 0.180. The Kier molecular flexibility index (Phi) is 10.8. The molecule has 3 aromatic carbocycles. The maximum absolute atomic E-state index is 12.9. The zero-order chi connectivity index (χ0) is 29.0. The number of hydrogen-bond acceptors (Lipinski definition) is 7. The number of hydrogen-bond donors (Lipinski definition) is 4. The number of rotatable bonds is 12. The Hall–Kier alpha value is -4.63. The number of nitrogens with two attached hydrogens (primary N) is 1. The van der Waals surface area contributed by atoms with Crippen molar-refractivity contribution in [1.82, 2.24) is 5.32 Å². The Morgan fingerprint density at radius 2 is 1.65 bits per heavy atom. The fraction of sp³-hybridized carbons (Fsp3) is 0.258. The van der Waals surface area contributed by atoms with Gasteiger partial charge in [-0.05, 0) is 49.2 Å². The van der Waals surface area contributed by atoms with Gasteiger partial charge in [0.15, 0.2) is 0 Å². The van der Waals surface area contributed by atoms with Crippen LogP contribution in [-0.2, 0) is 9.53 Å². The summed E-state index contributed by atoms with van der Waals surface area (Å²) in [6.07, 6.45) is 2.46. The van der Waals surface area contributed by atoms with Gasteiger partial charge in [0, 0.05) is 16.5 Å². The van der Waals surface area contributed by atoms with Crippen molar-refractivity contribution < 1.29 is 29.0 Å². The lowest BCUT2D eigenvalue weighted by atomic mass is 9.78. The zero-order valence-corrected chi connectivity index (χ0v) is 22.6. The van der Waals surface area contributed by atoms with Gasteiger partial charge in [-0.25, -0.2) is 4.79 Å². The van der Waals surface area contributed by atoms with E-state index in [1.165, 1.54) is 6.08 Å². The Morgan fingerprint density at radius 3 is 2.38 bits per heavy atom. The number of ether oxygens (including phenoxy) is 2. The number of aliphatic hydroxyl groups excluding tert-OH is 1. The maximum atomic E-state index is 12.9. The van der Waals surface area contributed by atoms with E-state index in [2.05, 4.69) is 10.6 Å². The monoisotopic (exact) mass is 545 g/mol. The molecule has 0 saturated carbocycles. The van der Waals surface area contributed by atoms with Crippen molar-refractivity contribution in [2.75, 3.05) is 24.3 Å². The molecule has 0 aromatic heterocycles. The van der Waals surface area contributed by atoms with Gasteiger partial charge in [0.25, 0.3) is 5.91 Å². The molecule has 0 fully saturated rings. The third-order valence-corrected chi connectivity index (χ3v) is 6.18. The van der Waals surface area contributed by atoms with Crippen LogP contribution in [0.25, 0.3) is 0 Å². The largest absolute Gasteiger partial charge is 0.491 e. The molecule has 0 bridgehead atoms. The highest BCUT2D eigenvalue weighted by Gasteiger charge is 2.36. The molecule has 0 aliphatic carbocycles. The van der Waals surface area contributed by atoms with Crippen molar-refractivity contribution in [2.45, 2.75) is 32.8 Å². The summed E-state index contributed by atoms with van der Waals surface area (Å²) < 4.78 is 11.6. The number of allylic oxidation sites excluding steroid dienone is 1. The van der Waals surface area contributed by atoms with Crippen LogP contribution in [0, 0.1) is 5.41 Å². The molecule has 0 aliphatic heterocycles. The number of amides is 3. The normalized spacial score (nSPS) is 12.0. The van der Waals surface area contributed by atoms with Crippen molar-refractivity contribution in [3.05, 3.63) is 102 Å². The first-order valence-corrected chi connectivity index (χ1v) is 12.9. The van der Waals surface area contributed by atoms with Crippen LogP contribution in [0.3, 0.4) is 0 Å². The van der Waals surface area contributed by atoms with E-state index in [4.69, 9.17) is 15.2 Å². The molecule has 0 saturated heterocycles. The van der Waals surface area contributed by atoms with E-state index < -0.39 is 23.5 Å². The summed E-state index contributed by atoms with van der Waals surface area (Å²) in [6.45, 7) is 3.72. The van der Waals surface area contributed by atoms with E-state index in [0.717, 1.165) is 0 Å². The molecular formula is C31H35N3O6. The highest BCUT2D eigenvalue weighted by Crippen LogP contribution is 2.43. The molecule has 40 heavy (non-hydrogen) atoms. The van der Waals surface area contributed by atoms with Gasteiger partial charge >= 0.3 is 6.09 Å². The van der Waals surface area contributed by atoms with Crippen LogP contribution in [-0.4, -0.2) is 36.2 Å². The van der Waals surface area contributed by atoms with Crippen LogP contribution >= 0.6 is 0 Å². The van der Waals surface area contributed by atoms with Gasteiger partial charge in [0.1, 0.15) is 18.5 Å². The van der Waals surface area contributed by atoms with Gasteiger partial charge in [-0.2, -0.15) is 0 Å². The summed E-state index contributed by atoms with van der Waals surface area (Å²) in [5.74, 6) is -0.447. The summed E-state index contributed by atoms with van der Waals surface area (Å²) >= 11 is 0. The smallest absolute Gasteiger partial charge is 0.414 e. The predicted molar refractivity (Wildman–Crippen MR) is 154 cm³/mol. The fourth-order valence-electron chi connectivity index (χ4n) is 4.08. The molecule has 3 aromatic rings. The van der Waals surface area contributed by atoms with Crippen LogP contribution in [0.1, 0.15) is 48.7 Å². The molecular weight excluding hydrogens is 510 g/mol. The number of nitrogen functional groups attached to an aromatic ring is 1. The number of carbonyl (C=O) groups is 3. The number of imide groups is 1. The topological polar surface area (TPSA) is 140 Å². The van der Waals surface area contributed by atoms with Crippen LogP contribution in [0.2, 0.25) is 0 Å². The standard InChI is InChI=1S/C31H35N3O6/c1-31(2,19-11-10-18-27(36)33-25-16-8-7-15-24(25)32)28(23-14-6-9-17-26(23)39-21-20-35)40-30(38)34-29(37)22-12-4-3-5-13-22/h3-10,12-18,28,35H,11,19-21,32H2,1-2H3,(H,33,36)(H,34,37,38)/b18-10+/t28-/m0/s1. The lowest BCUT2D eigenvalue weighted by Gasteiger charge is -2.34. The van der Waals surface area contributed by atoms with Gasteiger partial charge in [0.2, 0.25) is 5.91 Å². The van der Waals surface area contributed by atoms with Crippen molar-refractivity contribution in [3.8, 4) is 5.75 Å². The summed E-state index contributed by atoms with van der Waals surface area (Å²) in [7, 11) is 0. The average molecular weight is 546 g/mol. The summed E-state index contributed by atoms with van der Waals surface area (Å²) in [6, 6.07) is 22.4. The number of anilines is 2. The number of carbonyl (C=O) groups excluding carboxylic acids is 3. The van der Waals surface area contributed by atoms with Crippen molar-refractivity contribution in [2.24, 2.45) is 5.41 Å². The Balaban J connectivity index is 1.74. The molecule has 0 radical (unpaired) electrons. The fourth-order valence-corrected chi connectivity index (χ4v) is 4.08. The van der Waals surface area contributed by atoms with Crippen molar-refractivity contribution in [3.63, 3.8) is 0 Å². The van der Waals surface area contributed by atoms with E-state index in [-0.39, 0.29) is 19.1 Å². The molecule has 210 valence electrons. The van der Waals surface area contributed by atoms with Crippen LogP contribution in [0.15, 0.2) is 91.0 Å². The minimum Gasteiger partial charge on any atom is -0.491 e. The first kappa shape index (κ1) is 29.9. The summed E-state index contributed by atoms with van der Waals surface area (Å²) in [5, 5.41) is 14.3. The predicted octanol–water partition coefficient (Wildman–Crippen LogP) is 5.25. The summed E-state index contributed by atoms with van der Waals surface area (Å²) in [5.41, 5.74) is 7.14. The second-order valence-corrected chi connectivity index (χ2v) is 9.72. The molecule has 3 amide bonds. The average Bonchev–Trinajstić information content (AvgIpc) is 2.95. The van der Waals surface area contributed by atoms with Crippen molar-refractivity contribution >= 4 is 29.3 Å². The minimum atomic E-state index is -0.903. The van der Waals surface area contributed by atoms with Crippen molar-refractivity contribution in [1.29, 1.82) is 0 Å². The number of para-hydroxylation sites is 3. The van der Waals surface area contributed by atoms with Gasteiger partial charge in [-0.1, -0.05) is 68.5 Å². The Labute approximate surface area is 234 Å². The molecule has 9 nitrogen and oxygen atoms in total. The third-order valence-electron chi connectivity index (χ3n) is 6.18. The maximum Gasteiger partial charge on any atom is 0.414 e. The molecule has 5 N–H and O–H groups in total. The minimum absolute atomic E-state index is 0.0621. The van der Waals surface area contributed by atoms with Gasteiger partial charge in [-0.3, -0.25) is 14.9 Å². The Bertz CT molecular complexity index is 1320. The highest BCUT2D eigenvalue weighted by molar-refractivity contribution is 6.03. The Morgan fingerprint density at radius 1 is 0.975 bits per heavy atom. The van der Waals surface area contributed by atoms with Gasteiger partial charge in [-0.15, -0.1) is 0 Å². The van der Waals surface area contributed by atoms with E-state index >= 15 is 0 Å². The number of nitrogens with one attached hydrogen (secondary N) is 2. The van der Waals surface area contributed by atoms with Crippen LogP contribution < -0.4 is 21.1 Å². The van der Waals surface area contributed by atoms with E-state index in [9.17, 15) is 19.5 Å². The molecule has 3 rings (SSSR count).